The number of ketones is 1. The minimum Gasteiger partial charge on any atom is -0.493 e. The van der Waals surface area contributed by atoms with E-state index >= 15 is 0 Å². The van der Waals surface area contributed by atoms with E-state index in [0.29, 0.717) is 54.9 Å². The number of carbonyl (C=O) groups excluding carboxylic acids is 1. The van der Waals surface area contributed by atoms with E-state index in [1.165, 1.54) is 41.9 Å². The van der Waals surface area contributed by atoms with E-state index in [4.69, 9.17) is 16.3 Å². The number of non-ortho nitro benzene ring substituents is 1. The maximum Gasteiger partial charge on any atom is 0.332 e. The van der Waals surface area contributed by atoms with Crippen molar-refractivity contribution in [3.8, 4) is 5.75 Å². The van der Waals surface area contributed by atoms with Crippen LogP contribution in [0.15, 0.2) is 64.2 Å². The summed E-state index contributed by atoms with van der Waals surface area (Å²) in [6, 6.07) is 14.0. The first-order valence-electron chi connectivity index (χ1n) is 12.1. The van der Waals surface area contributed by atoms with Crippen molar-refractivity contribution in [2.75, 3.05) is 44.2 Å². The Labute approximate surface area is 223 Å². The largest absolute Gasteiger partial charge is 0.493 e. The van der Waals surface area contributed by atoms with Crippen LogP contribution in [0.25, 0.3) is 0 Å². The first kappa shape index (κ1) is 27.1. The van der Waals surface area contributed by atoms with E-state index in [1.54, 1.807) is 31.3 Å². The van der Waals surface area contributed by atoms with Gasteiger partial charge in [-0.25, -0.2) is 4.79 Å². The molecule has 2 aromatic carbocycles. The Morgan fingerprint density at radius 2 is 1.68 bits per heavy atom. The van der Waals surface area contributed by atoms with Crippen LogP contribution >= 0.6 is 11.6 Å². The molecule has 38 heavy (non-hydrogen) atoms. The number of ether oxygens (including phenoxy) is 1. The average Bonchev–Trinajstić information content (AvgIpc) is 2.92. The number of nitrogens with zero attached hydrogens (tertiary/aromatic N) is 5. The van der Waals surface area contributed by atoms with Gasteiger partial charge in [0, 0.05) is 70.6 Å². The number of aromatic nitrogens is 2. The summed E-state index contributed by atoms with van der Waals surface area (Å²) in [5, 5.41) is 11.3. The van der Waals surface area contributed by atoms with Crippen molar-refractivity contribution in [3.05, 3.63) is 96.1 Å². The maximum absolute atomic E-state index is 13.5. The molecule has 1 aliphatic heterocycles. The normalized spacial score (nSPS) is 14.8. The first-order valence-corrected chi connectivity index (χ1v) is 12.4. The van der Waals surface area contributed by atoms with Crippen molar-refractivity contribution in [2.24, 2.45) is 20.0 Å². The van der Waals surface area contributed by atoms with Gasteiger partial charge in [-0.15, -0.1) is 0 Å². The summed E-state index contributed by atoms with van der Waals surface area (Å²) in [6.45, 7) is 2.81. The Bertz CT molecular complexity index is 1440. The van der Waals surface area contributed by atoms with E-state index in [0.717, 1.165) is 4.57 Å². The summed E-state index contributed by atoms with van der Waals surface area (Å²) in [6.07, 6.45) is 0. The monoisotopic (exact) mass is 541 g/mol. The number of nitro benzene ring substituents is 1. The molecule has 1 saturated heterocycles. The number of benzene rings is 2. The zero-order chi connectivity index (χ0) is 27.4. The Morgan fingerprint density at radius 3 is 2.32 bits per heavy atom. The van der Waals surface area contributed by atoms with Crippen molar-refractivity contribution in [1.29, 1.82) is 0 Å². The van der Waals surface area contributed by atoms with Gasteiger partial charge in [-0.05, 0) is 24.3 Å². The Kier molecular flexibility index (Phi) is 8.28. The Morgan fingerprint density at radius 1 is 1.03 bits per heavy atom. The van der Waals surface area contributed by atoms with Crippen LogP contribution in [0.1, 0.15) is 10.4 Å². The number of carbonyl (C=O) groups is 1. The van der Waals surface area contributed by atoms with E-state index < -0.39 is 10.8 Å². The van der Waals surface area contributed by atoms with Crippen molar-refractivity contribution in [1.82, 2.24) is 14.0 Å². The molecule has 1 unspecified atom stereocenters. The summed E-state index contributed by atoms with van der Waals surface area (Å²) in [5.41, 5.74) is -0.393. The zero-order valence-electron chi connectivity index (χ0n) is 21.1. The van der Waals surface area contributed by atoms with Crippen LogP contribution in [0.4, 0.5) is 11.5 Å². The minimum atomic E-state index is -0.551. The molecule has 1 atom stereocenters. The molecule has 0 amide bonds. The SMILES string of the molecule is Cn1c(N2CCN(CC(COc3ccc([N+](=O)[O-])cc3)C(=O)c3ccccc3Cl)CC2)cc(=O)n(C)c1=O. The van der Waals surface area contributed by atoms with Crippen LogP contribution in [0.2, 0.25) is 5.02 Å². The number of hydrogen-bond acceptors (Lipinski definition) is 8. The fraction of sp³-hybridized carbons (Fsp3) is 0.346. The molecule has 0 radical (unpaired) electrons. The highest BCUT2D eigenvalue weighted by atomic mass is 35.5. The molecule has 4 rings (SSSR count). The van der Waals surface area contributed by atoms with Gasteiger partial charge in [-0.2, -0.15) is 0 Å². The first-order chi connectivity index (χ1) is 18.2. The molecule has 0 aliphatic carbocycles. The number of halogens is 1. The maximum atomic E-state index is 13.5. The molecule has 200 valence electrons. The lowest BCUT2D eigenvalue weighted by Gasteiger charge is -2.37. The standard InChI is InChI=1S/C26H28ClN5O6/c1-28-23(15-24(33)29(2)26(28)35)31-13-11-30(12-14-31)16-18(25(34)21-5-3-4-6-22(21)27)17-38-20-9-7-19(8-10-20)32(36)37/h3-10,15,18H,11-14,16-17H2,1-2H3. The highest BCUT2D eigenvalue weighted by Crippen LogP contribution is 2.23. The second-order valence-corrected chi connectivity index (χ2v) is 9.54. The third-order valence-corrected chi connectivity index (χ3v) is 7.01. The number of nitro groups is 1. The molecule has 2 heterocycles. The van der Waals surface area contributed by atoms with Gasteiger partial charge in [0.2, 0.25) is 0 Å². The molecule has 1 aliphatic rings. The average molecular weight is 542 g/mol. The molecule has 3 aromatic rings. The van der Waals surface area contributed by atoms with E-state index in [1.807, 2.05) is 4.90 Å². The lowest BCUT2D eigenvalue weighted by Crippen LogP contribution is -2.51. The van der Waals surface area contributed by atoms with Gasteiger partial charge >= 0.3 is 5.69 Å². The molecule has 0 saturated carbocycles. The molecule has 11 nitrogen and oxygen atoms in total. The molecular weight excluding hydrogens is 514 g/mol. The van der Waals surface area contributed by atoms with Crippen molar-refractivity contribution in [2.45, 2.75) is 0 Å². The molecule has 1 fully saturated rings. The predicted octanol–water partition coefficient (Wildman–Crippen LogP) is 2.35. The Hall–Kier alpha value is -3.96. The summed E-state index contributed by atoms with van der Waals surface area (Å²) < 4.78 is 8.39. The van der Waals surface area contributed by atoms with E-state index in [2.05, 4.69) is 4.90 Å². The fourth-order valence-corrected chi connectivity index (χ4v) is 4.68. The second kappa shape index (κ2) is 11.6. The topological polar surface area (TPSA) is 120 Å². The number of piperazine rings is 1. The lowest BCUT2D eigenvalue weighted by molar-refractivity contribution is -0.384. The summed E-state index contributed by atoms with van der Waals surface area (Å²) in [7, 11) is 3.08. The van der Waals surface area contributed by atoms with Crippen molar-refractivity contribution in [3.63, 3.8) is 0 Å². The second-order valence-electron chi connectivity index (χ2n) is 9.13. The van der Waals surface area contributed by atoms with Gasteiger partial charge < -0.3 is 9.64 Å². The van der Waals surface area contributed by atoms with Gasteiger partial charge in [0.25, 0.3) is 11.2 Å². The molecule has 0 spiro atoms. The van der Waals surface area contributed by atoms with Gasteiger partial charge in [0.05, 0.1) is 22.5 Å². The van der Waals surface area contributed by atoms with Gasteiger partial charge in [0.1, 0.15) is 11.6 Å². The minimum absolute atomic E-state index is 0.0484. The highest BCUT2D eigenvalue weighted by molar-refractivity contribution is 6.34. The zero-order valence-corrected chi connectivity index (χ0v) is 21.8. The molecule has 0 N–H and O–H groups in total. The predicted molar refractivity (Wildman–Crippen MR) is 143 cm³/mol. The van der Waals surface area contributed by atoms with Gasteiger partial charge in [-0.1, -0.05) is 23.7 Å². The third-order valence-electron chi connectivity index (χ3n) is 6.68. The highest BCUT2D eigenvalue weighted by Gasteiger charge is 2.28. The number of anilines is 1. The van der Waals surface area contributed by atoms with Crippen molar-refractivity contribution >= 4 is 28.9 Å². The van der Waals surface area contributed by atoms with Gasteiger partial charge in [-0.3, -0.25) is 33.7 Å². The third kappa shape index (κ3) is 5.95. The Balaban J connectivity index is 1.47. The van der Waals surface area contributed by atoms with Crippen LogP contribution in [0, 0.1) is 16.0 Å². The summed E-state index contributed by atoms with van der Waals surface area (Å²) in [5.74, 6) is 0.269. The van der Waals surface area contributed by atoms with Crippen LogP contribution in [0.3, 0.4) is 0 Å². The van der Waals surface area contributed by atoms with Gasteiger partial charge in [0.15, 0.2) is 5.78 Å². The summed E-state index contributed by atoms with van der Waals surface area (Å²) in [4.78, 5) is 52.5. The van der Waals surface area contributed by atoms with E-state index in [-0.39, 0.29) is 29.3 Å². The number of rotatable bonds is 9. The lowest BCUT2D eigenvalue weighted by atomic mass is 9.97. The van der Waals surface area contributed by atoms with E-state index in [9.17, 15) is 24.5 Å². The van der Waals surface area contributed by atoms with Crippen LogP contribution < -0.4 is 20.9 Å². The molecule has 0 bridgehead atoms. The molecule has 12 heteroatoms. The van der Waals surface area contributed by atoms with Crippen LogP contribution in [-0.4, -0.2) is 64.1 Å². The fourth-order valence-electron chi connectivity index (χ4n) is 4.45. The number of hydrogen-bond donors (Lipinski definition) is 0. The smallest absolute Gasteiger partial charge is 0.332 e. The number of Topliss-reactive ketones (excluding diaryl/α,β-unsaturated/α-hetero) is 1. The van der Waals surface area contributed by atoms with Crippen LogP contribution in [0.5, 0.6) is 5.75 Å². The quantitative estimate of drug-likeness (QED) is 0.230. The molecular formula is C26H28ClN5O6. The summed E-state index contributed by atoms with van der Waals surface area (Å²) >= 11 is 6.31. The van der Waals surface area contributed by atoms with Crippen LogP contribution in [-0.2, 0) is 14.1 Å². The van der Waals surface area contributed by atoms with Crippen molar-refractivity contribution < 1.29 is 14.5 Å². The molecule has 1 aromatic heterocycles.